The van der Waals surface area contributed by atoms with E-state index in [1.165, 1.54) is 0 Å². The van der Waals surface area contributed by atoms with Crippen molar-refractivity contribution in [3.8, 4) is 11.5 Å². The summed E-state index contributed by atoms with van der Waals surface area (Å²) in [5.41, 5.74) is 7.30. The van der Waals surface area contributed by atoms with E-state index in [2.05, 4.69) is 13.8 Å². The Hall–Kier alpha value is -0.930. The van der Waals surface area contributed by atoms with Crippen molar-refractivity contribution < 1.29 is 9.47 Å². The van der Waals surface area contributed by atoms with Crippen LogP contribution in [0.25, 0.3) is 0 Å². The lowest BCUT2D eigenvalue weighted by molar-refractivity contribution is 0.168. The largest absolute Gasteiger partial charge is 0.486 e. The Balaban J connectivity index is 0.00000144. The van der Waals surface area contributed by atoms with Crippen molar-refractivity contribution in [3.63, 3.8) is 0 Å². The van der Waals surface area contributed by atoms with Gasteiger partial charge in [-0.3, -0.25) is 0 Å². The molecule has 0 fully saturated rings. The van der Waals surface area contributed by atoms with Gasteiger partial charge < -0.3 is 15.2 Å². The van der Waals surface area contributed by atoms with Gasteiger partial charge in [0.05, 0.1) is 0 Å². The summed E-state index contributed by atoms with van der Waals surface area (Å²) in [7, 11) is 0. The minimum absolute atomic E-state index is 0. The molecule has 0 aromatic heterocycles. The molecule has 4 heteroatoms. The fourth-order valence-electron chi connectivity index (χ4n) is 1.92. The average Bonchev–Trinajstić information content (AvgIpc) is 2.36. The Labute approximate surface area is 109 Å². The van der Waals surface area contributed by atoms with Crippen LogP contribution in [0.1, 0.15) is 31.9 Å². The van der Waals surface area contributed by atoms with E-state index in [1.54, 1.807) is 0 Å². The molecule has 1 heterocycles. The summed E-state index contributed by atoms with van der Waals surface area (Å²) in [5.74, 6) is 2.10. The van der Waals surface area contributed by atoms with Crippen molar-refractivity contribution in [3.05, 3.63) is 23.8 Å². The zero-order chi connectivity index (χ0) is 11.5. The summed E-state index contributed by atoms with van der Waals surface area (Å²) in [6.07, 6.45) is 1.06. The van der Waals surface area contributed by atoms with Gasteiger partial charge in [-0.2, -0.15) is 0 Å². The van der Waals surface area contributed by atoms with E-state index in [0.717, 1.165) is 23.5 Å². The van der Waals surface area contributed by atoms with Crippen molar-refractivity contribution >= 4 is 12.4 Å². The normalized spacial score (nSPS) is 16.9. The highest BCUT2D eigenvalue weighted by Gasteiger charge is 2.22. The Kier molecular flexibility index (Phi) is 5.09. The molecule has 0 amide bonds. The number of fused-ring (bicyclic) bond motifs is 1. The highest BCUT2D eigenvalue weighted by Crippen LogP contribution is 2.38. The average molecular weight is 258 g/mol. The van der Waals surface area contributed by atoms with Gasteiger partial charge >= 0.3 is 0 Å². The minimum Gasteiger partial charge on any atom is -0.486 e. The SMILES string of the molecule is CCC(C)[C@@H](N)c1cccc2c1OCCO2.Cl. The number of ether oxygens (including phenoxy) is 2. The summed E-state index contributed by atoms with van der Waals surface area (Å²) < 4.78 is 11.2. The van der Waals surface area contributed by atoms with Crippen LogP contribution in [0.4, 0.5) is 0 Å². The standard InChI is InChI=1S/C13H19NO2.ClH/c1-3-9(2)12(14)10-5-4-6-11-13(10)16-8-7-15-11;/h4-6,9,12H,3,7-8,14H2,1-2H3;1H/t9?,12-;/m1./s1. The zero-order valence-electron chi connectivity index (χ0n) is 10.3. The van der Waals surface area contributed by atoms with Crippen LogP contribution in [-0.4, -0.2) is 13.2 Å². The first-order chi connectivity index (χ1) is 7.74. The second-order valence-corrected chi connectivity index (χ2v) is 4.28. The van der Waals surface area contributed by atoms with Crippen LogP contribution < -0.4 is 15.2 Å². The lowest BCUT2D eigenvalue weighted by Gasteiger charge is -2.25. The maximum absolute atomic E-state index is 6.24. The second kappa shape index (κ2) is 6.12. The number of para-hydroxylation sites is 1. The van der Waals surface area contributed by atoms with E-state index < -0.39 is 0 Å². The molecule has 3 nitrogen and oxygen atoms in total. The van der Waals surface area contributed by atoms with Gasteiger partial charge in [0.15, 0.2) is 11.5 Å². The maximum atomic E-state index is 6.24. The lowest BCUT2D eigenvalue weighted by Crippen LogP contribution is -2.22. The molecule has 1 aromatic rings. The molecule has 2 rings (SSSR count). The Bertz CT molecular complexity index is 370. The summed E-state index contributed by atoms with van der Waals surface area (Å²) in [5, 5.41) is 0. The Morgan fingerprint density at radius 3 is 2.71 bits per heavy atom. The predicted molar refractivity (Wildman–Crippen MR) is 71.1 cm³/mol. The van der Waals surface area contributed by atoms with Crippen LogP contribution in [0.15, 0.2) is 18.2 Å². The molecule has 0 saturated heterocycles. The fourth-order valence-corrected chi connectivity index (χ4v) is 1.92. The van der Waals surface area contributed by atoms with Gasteiger partial charge in [0.2, 0.25) is 0 Å². The van der Waals surface area contributed by atoms with Crippen molar-refractivity contribution in [1.82, 2.24) is 0 Å². The van der Waals surface area contributed by atoms with Crippen LogP contribution in [-0.2, 0) is 0 Å². The molecule has 1 unspecified atom stereocenters. The molecule has 2 N–H and O–H groups in total. The van der Waals surface area contributed by atoms with Crippen LogP contribution in [0.3, 0.4) is 0 Å². The third-order valence-corrected chi connectivity index (χ3v) is 3.21. The van der Waals surface area contributed by atoms with E-state index in [0.29, 0.717) is 19.1 Å². The van der Waals surface area contributed by atoms with E-state index in [-0.39, 0.29) is 18.4 Å². The monoisotopic (exact) mass is 257 g/mol. The smallest absolute Gasteiger partial charge is 0.166 e. The predicted octanol–water partition coefficient (Wildman–Crippen LogP) is 2.93. The molecular formula is C13H20ClNO2. The van der Waals surface area contributed by atoms with Gasteiger partial charge in [-0.05, 0) is 12.0 Å². The maximum Gasteiger partial charge on any atom is 0.166 e. The molecule has 0 aliphatic carbocycles. The lowest BCUT2D eigenvalue weighted by atomic mass is 9.92. The van der Waals surface area contributed by atoms with Crippen LogP contribution in [0.5, 0.6) is 11.5 Å². The third-order valence-electron chi connectivity index (χ3n) is 3.21. The quantitative estimate of drug-likeness (QED) is 0.906. The van der Waals surface area contributed by atoms with E-state index in [4.69, 9.17) is 15.2 Å². The number of hydrogen-bond donors (Lipinski definition) is 1. The molecule has 17 heavy (non-hydrogen) atoms. The number of hydrogen-bond acceptors (Lipinski definition) is 3. The first kappa shape index (κ1) is 14.1. The van der Waals surface area contributed by atoms with Gasteiger partial charge in [-0.15, -0.1) is 12.4 Å². The number of halogens is 1. The molecule has 0 radical (unpaired) electrons. The first-order valence-corrected chi connectivity index (χ1v) is 5.88. The van der Waals surface area contributed by atoms with E-state index in [1.807, 2.05) is 18.2 Å². The number of rotatable bonds is 3. The molecule has 0 spiro atoms. The van der Waals surface area contributed by atoms with E-state index >= 15 is 0 Å². The topological polar surface area (TPSA) is 44.5 Å². The Morgan fingerprint density at radius 1 is 1.29 bits per heavy atom. The van der Waals surface area contributed by atoms with Crippen molar-refractivity contribution in [2.75, 3.05) is 13.2 Å². The second-order valence-electron chi connectivity index (χ2n) is 4.28. The fraction of sp³-hybridized carbons (Fsp3) is 0.538. The molecule has 1 aliphatic rings. The van der Waals surface area contributed by atoms with Gasteiger partial charge in [0.25, 0.3) is 0 Å². The number of nitrogens with two attached hydrogens (primary N) is 1. The van der Waals surface area contributed by atoms with Crippen LogP contribution in [0, 0.1) is 5.92 Å². The van der Waals surface area contributed by atoms with Crippen molar-refractivity contribution in [1.29, 1.82) is 0 Å². The zero-order valence-corrected chi connectivity index (χ0v) is 11.1. The van der Waals surface area contributed by atoms with Crippen molar-refractivity contribution in [2.24, 2.45) is 11.7 Å². The molecular weight excluding hydrogens is 238 g/mol. The molecule has 2 atom stereocenters. The minimum atomic E-state index is 0. The molecule has 1 aliphatic heterocycles. The van der Waals surface area contributed by atoms with Crippen LogP contribution >= 0.6 is 12.4 Å². The third kappa shape index (κ3) is 2.85. The van der Waals surface area contributed by atoms with E-state index in [9.17, 15) is 0 Å². The molecule has 0 bridgehead atoms. The van der Waals surface area contributed by atoms with Gasteiger partial charge in [0.1, 0.15) is 13.2 Å². The first-order valence-electron chi connectivity index (χ1n) is 5.88. The Morgan fingerprint density at radius 2 is 2.00 bits per heavy atom. The van der Waals surface area contributed by atoms with Crippen molar-refractivity contribution in [2.45, 2.75) is 26.3 Å². The molecule has 96 valence electrons. The summed E-state index contributed by atoms with van der Waals surface area (Å²) in [6, 6.07) is 5.96. The highest BCUT2D eigenvalue weighted by atomic mass is 35.5. The summed E-state index contributed by atoms with van der Waals surface area (Å²) in [4.78, 5) is 0. The summed E-state index contributed by atoms with van der Waals surface area (Å²) in [6.45, 7) is 5.54. The number of benzene rings is 1. The summed E-state index contributed by atoms with van der Waals surface area (Å²) >= 11 is 0. The van der Waals surface area contributed by atoms with Crippen LogP contribution in [0.2, 0.25) is 0 Å². The van der Waals surface area contributed by atoms with Gasteiger partial charge in [-0.1, -0.05) is 32.4 Å². The molecule has 0 saturated carbocycles. The highest BCUT2D eigenvalue weighted by molar-refractivity contribution is 5.85. The molecule has 1 aromatic carbocycles. The van der Waals surface area contributed by atoms with Gasteiger partial charge in [-0.25, -0.2) is 0 Å². The van der Waals surface area contributed by atoms with Gasteiger partial charge in [0, 0.05) is 11.6 Å².